The SMILES string of the molecule is O=C(Nc1ccccc1)C1=C(O)[C@@H](Cc2ccccc2Cl)SC1=NCc1ccccc1. The van der Waals surface area contributed by atoms with Gasteiger partial charge in [0.15, 0.2) is 0 Å². The molecule has 4 rings (SSSR count). The van der Waals surface area contributed by atoms with Gasteiger partial charge in [0.2, 0.25) is 0 Å². The number of aliphatic hydroxyl groups excluding tert-OH is 1. The van der Waals surface area contributed by atoms with Crippen molar-refractivity contribution in [3.63, 3.8) is 0 Å². The van der Waals surface area contributed by atoms with E-state index >= 15 is 0 Å². The standard InChI is InChI=1S/C25H21ClN2O2S/c26-20-14-8-7-11-18(20)15-21-23(29)22(24(30)28-19-12-5-2-6-13-19)25(31-21)27-16-17-9-3-1-4-10-17/h1-14,21,29H,15-16H2,(H,28,30)/t21-/m1/s1. The first-order valence-electron chi connectivity index (χ1n) is 9.90. The number of hydrogen-bond acceptors (Lipinski definition) is 4. The van der Waals surface area contributed by atoms with E-state index in [-0.39, 0.29) is 22.5 Å². The van der Waals surface area contributed by atoms with Gasteiger partial charge in [0.25, 0.3) is 5.91 Å². The van der Waals surface area contributed by atoms with Crippen molar-refractivity contribution in [3.8, 4) is 0 Å². The van der Waals surface area contributed by atoms with E-state index in [0.717, 1.165) is 11.1 Å². The first kappa shape index (κ1) is 21.2. The summed E-state index contributed by atoms with van der Waals surface area (Å²) >= 11 is 7.71. The molecule has 3 aromatic carbocycles. The summed E-state index contributed by atoms with van der Waals surface area (Å²) in [6.07, 6.45) is 0.503. The Bertz CT molecular complexity index is 1130. The Balaban J connectivity index is 1.62. The molecule has 1 atom stereocenters. The lowest BCUT2D eigenvalue weighted by Crippen LogP contribution is -2.19. The van der Waals surface area contributed by atoms with E-state index in [0.29, 0.717) is 28.7 Å². The van der Waals surface area contributed by atoms with Crippen molar-refractivity contribution in [2.24, 2.45) is 4.99 Å². The second-order valence-corrected chi connectivity index (χ2v) is 8.69. The molecule has 0 bridgehead atoms. The van der Waals surface area contributed by atoms with Crippen molar-refractivity contribution in [1.82, 2.24) is 0 Å². The highest BCUT2D eigenvalue weighted by Crippen LogP contribution is 2.37. The van der Waals surface area contributed by atoms with Crippen molar-refractivity contribution in [1.29, 1.82) is 0 Å². The Kier molecular flexibility index (Phi) is 6.75. The zero-order valence-corrected chi connectivity index (χ0v) is 18.2. The van der Waals surface area contributed by atoms with Crippen molar-refractivity contribution < 1.29 is 9.90 Å². The van der Waals surface area contributed by atoms with Crippen LogP contribution in [0.3, 0.4) is 0 Å². The van der Waals surface area contributed by atoms with Crippen LogP contribution >= 0.6 is 23.4 Å². The highest BCUT2D eigenvalue weighted by Gasteiger charge is 2.36. The summed E-state index contributed by atoms with van der Waals surface area (Å²) in [7, 11) is 0. The second-order valence-electron chi connectivity index (χ2n) is 7.09. The average Bonchev–Trinajstić information content (AvgIpc) is 3.10. The van der Waals surface area contributed by atoms with Gasteiger partial charge in [-0.15, -0.1) is 0 Å². The van der Waals surface area contributed by atoms with E-state index in [2.05, 4.69) is 10.3 Å². The number of nitrogens with zero attached hydrogens (tertiary/aromatic N) is 1. The number of halogens is 1. The maximum atomic E-state index is 13.1. The smallest absolute Gasteiger partial charge is 0.261 e. The molecule has 1 heterocycles. The average molecular weight is 449 g/mol. The summed E-state index contributed by atoms with van der Waals surface area (Å²) in [5, 5.41) is 14.7. The van der Waals surface area contributed by atoms with Crippen LogP contribution < -0.4 is 5.32 Å². The van der Waals surface area contributed by atoms with E-state index in [1.165, 1.54) is 11.8 Å². The van der Waals surface area contributed by atoms with Crippen molar-refractivity contribution in [2.75, 3.05) is 5.32 Å². The molecule has 0 unspecified atom stereocenters. The normalized spacial score (nSPS) is 17.2. The molecule has 1 aliphatic rings. The Morgan fingerprint density at radius 2 is 1.61 bits per heavy atom. The molecule has 0 saturated carbocycles. The highest BCUT2D eigenvalue weighted by molar-refractivity contribution is 8.15. The number of para-hydroxylation sites is 1. The number of rotatable bonds is 6. The van der Waals surface area contributed by atoms with Gasteiger partial charge in [-0.2, -0.15) is 0 Å². The number of hydrogen-bond donors (Lipinski definition) is 2. The second kappa shape index (κ2) is 9.86. The lowest BCUT2D eigenvalue weighted by atomic mass is 10.1. The Hall–Kier alpha value is -3.02. The first-order chi connectivity index (χ1) is 15.1. The zero-order valence-electron chi connectivity index (χ0n) is 16.7. The molecule has 0 radical (unpaired) electrons. The third-order valence-corrected chi connectivity index (χ3v) is 6.50. The molecular weight excluding hydrogens is 428 g/mol. The van der Waals surface area contributed by atoms with Crippen molar-refractivity contribution >= 4 is 40.0 Å². The van der Waals surface area contributed by atoms with Crippen LogP contribution in [-0.2, 0) is 17.8 Å². The molecule has 1 amide bonds. The molecule has 4 nitrogen and oxygen atoms in total. The van der Waals surface area contributed by atoms with Gasteiger partial charge in [0.1, 0.15) is 16.4 Å². The fourth-order valence-electron chi connectivity index (χ4n) is 3.31. The largest absolute Gasteiger partial charge is 0.510 e. The maximum absolute atomic E-state index is 13.1. The van der Waals surface area contributed by atoms with Crippen LogP contribution in [0.15, 0.2) is 101 Å². The molecule has 0 fully saturated rings. The third kappa shape index (κ3) is 5.19. The van der Waals surface area contributed by atoms with Crippen molar-refractivity contribution in [2.45, 2.75) is 18.2 Å². The minimum atomic E-state index is -0.371. The molecule has 156 valence electrons. The van der Waals surface area contributed by atoms with Crippen molar-refractivity contribution in [3.05, 3.63) is 112 Å². The van der Waals surface area contributed by atoms with Crippen LogP contribution in [0, 0.1) is 0 Å². The van der Waals surface area contributed by atoms with Crippen LogP contribution in [0.5, 0.6) is 0 Å². The van der Waals surface area contributed by atoms with Gasteiger partial charge in [0, 0.05) is 10.7 Å². The molecule has 1 aliphatic heterocycles. The van der Waals surface area contributed by atoms with E-state index in [1.54, 1.807) is 12.1 Å². The number of aliphatic imine (C=N–C) groups is 1. The van der Waals surface area contributed by atoms with Gasteiger partial charge in [-0.3, -0.25) is 9.79 Å². The van der Waals surface area contributed by atoms with Gasteiger partial charge < -0.3 is 10.4 Å². The summed E-state index contributed by atoms with van der Waals surface area (Å²) in [6.45, 7) is 0.428. The van der Waals surface area contributed by atoms with Crippen LogP contribution in [0.4, 0.5) is 5.69 Å². The summed E-state index contributed by atoms with van der Waals surface area (Å²) in [6, 6.07) is 26.5. The Labute approximate surface area is 190 Å². The maximum Gasteiger partial charge on any atom is 0.261 e. The molecule has 0 aliphatic carbocycles. The number of benzene rings is 3. The summed E-state index contributed by atoms with van der Waals surface area (Å²) in [4.78, 5) is 17.7. The third-order valence-electron chi connectivity index (χ3n) is 4.90. The number of aliphatic hydroxyl groups is 1. The summed E-state index contributed by atoms with van der Waals surface area (Å²) in [5.74, 6) is -0.338. The topological polar surface area (TPSA) is 61.7 Å². The van der Waals surface area contributed by atoms with Crippen LogP contribution in [0.2, 0.25) is 5.02 Å². The lowest BCUT2D eigenvalue weighted by molar-refractivity contribution is -0.112. The lowest BCUT2D eigenvalue weighted by Gasteiger charge is -2.10. The summed E-state index contributed by atoms with van der Waals surface area (Å²) in [5.41, 5.74) is 2.84. The number of anilines is 1. The molecule has 0 saturated heterocycles. The monoisotopic (exact) mass is 448 g/mol. The fraction of sp³-hybridized carbons (Fsp3) is 0.120. The van der Waals surface area contributed by atoms with Crippen LogP contribution in [0.1, 0.15) is 11.1 Å². The molecule has 2 N–H and O–H groups in total. The Morgan fingerprint density at radius 1 is 0.968 bits per heavy atom. The predicted octanol–water partition coefficient (Wildman–Crippen LogP) is 6.05. The number of amides is 1. The Morgan fingerprint density at radius 3 is 2.32 bits per heavy atom. The summed E-state index contributed by atoms with van der Waals surface area (Å²) < 4.78 is 0. The fourth-order valence-corrected chi connectivity index (χ4v) is 4.74. The number of carbonyl (C=O) groups excluding carboxylic acids is 1. The number of nitrogens with one attached hydrogen (secondary N) is 1. The number of thioether (sulfide) groups is 1. The predicted molar refractivity (Wildman–Crippen MR) is 129 cm³/mol. The van der Waals surface area contributed by atoms with Gasteiger partial charge >= 0.3 is 0 Å². The molecule has 0 aromatic heterocycles. The van der Waals surface area contributed by atoms with Crippen LogP contribution in [-0.4, -0.2) is 21.3 Å². The minimum Gasteiger partial charge on any atom is -0.510 e. The first-order valence-corrected chi connectivity index (χ1v) is 11.2. The van der Waals surface area contributed by atoms with E-state index < -0.39 is 0 Å². The molecule has 31 heavy (non-hydrogen) atoms. The van der Waals surface area contributed by atoms with Crippen LogP contribution in [0.25, 0.3) is 0 Å². The molecular formula is C25H21ClN2O2S. The van der Waals surface area contributed by atoms with Gasteiger partial charge in [-0.25, -0.2) is 0 Å². The minimum absolute atomic E-state index is 0.0326. The number of carbonyl (C=O) groups is 1. The van der Waals surface area contributed by atoms with E-state index in [4.69, 9.17) is 11.6 Å². The molecule has 6 heteroatoms. The zero-order chi connectivity index (χ0) is 21.6. The highest BCUT2D eigenvalue weighted by atomic mass is 35.5. The van der Waals surface area contributed by atoms with E-state index in [9.17, 15) is 9.90 Å². The van der Waals surface area contributed by atoms with Gasteiger partial charge in [-0.05, 0) is 35.7 Å². The van der Waals surface area contributed by atoms with Gasteiger partial charge in [-0.1, -0.05) is 90.1 Å². The van der Waals surface area contributed by atoms with E-state index in [1.807, 2.05) is 72.8 Å². The molecule has 3 aromatic rings. The van der Waals surface area contributed by atoms with Gasteiger partial charge in [0.05, 0.1) is 11.8 Å². The molecule has 0 spiro atoms. The quantitative estimate of drug-likeness (QED) is 0.482.